The normalized spacial score (nSPS) is 14.5. The molecule has 1 fully saturated rings. The summed E-state index contributed by atoms with van der Waals surface area (Å²) in [7, 11) is 0. The predicted molar refractivity (Wildman–Crippen MR) is 131 cm³/mol. The molecule has 0 aliphatic carbocycles. The summed E-state index contributed by atoms with van der Waals surface area (Å²) >= 11 is 3.15. The smallest absolute Gasteiger partial charge is 0.191 e. The summed E-state index contributed by atoms with van der Waals surface area (Å²) in [4.78, 5) is 25.5. The molecule has 0 N–H and O–H groups in total. The first-order valence-corrected chi connectivity index (χ1v) is 11.6. The van der Waals surface area contributed by atoms with Gasteiger partial charge < -0.3 is 0 Å². The van der Waals surface area contributed by atoms with Gasteiger partial charge in [0.2, 0.25) is 0 Å². The van der Waals surface area contributed by atoms with Crippen LogP contribution in [0.15, 0.2) is 107 Å². The van der Waals surface area contributed by atoms with E-state index < -0.39 is 0 Å². The fourth-order valence-electron chi connectivity index (χ4n) is 2.69. The molecule has 0 unspecified atom stereocenters. The summed E-state index contributed by atoms with van der Waals surface area (Å²) < 4.78 is 0.818. The van der Waals surface area contributed by atoms with Gasteiger partial charge in [-0.3, -0.25) is 9.59 Å². The van der Waals surface area contributed by atoms with E-state index in [0.29, 0.717) is 0 Å². The largest absolute Gasteiger partial charge is 0.289 e. The SMILES string of the molecule is O=C(C=CC=Cc1ccccc1)C(C(=O)C=CC=Cc1ccccc1)=C1SCCS1. The monoisotopic (exact) mass is 430 g/mol. The maximum atomic E-state index is 12.8. The van der Waals surface area contributed by atoms with Gasteiger partial charge in [0.15, 0.2) is 11.6 Å². The fourth-order valence-corrected chi connectivity index (χ4v) is 5.25. The van der Waals surface area contributed by atoms with E-state index in [1.165, 1.54) is 12.2 Å². The fraction of sp³-hybridized carbons (Fsp3) is 0.0769. The maximum absolute atomic E-state index is 12.8. The van der Waals surface area contributed by atoms with Gasteiger partial charge in [0, 0.05) is 11.5 Å². The molecule has 2 nitrogen and oxygen atoms in total. The molecular formula is C26H22O2S2. The van der Waals surface area contributed by atoms with Gasteiger partial charge in [0.1, 0.15) is 0 Å². The molecule has 3 rings (SSSR count). The number of hydrogen-bond donors (Lipinski definition) is 0. The molecular weight excluding hydrogens is 408 g/mol. The first kappa shape index (κ1) is 21.9. The van der Waals surface area contributed by atoms with Crippen molar-refractivity contribution in [2.45, 2.75) is 0 Å². The van der Waals surface area contributed by atoms with Gasteiger partial charge in [-0.05, 0) is 23.3 Å². The molecule has 150 valence electrons. The van der Waals surface area contributed by atoms with E-state index in [1.807, 2.05) is 85.0 Å². The summed E-state index contributed by atoms with van der Waals surface area (Å²) in [5.41, 5.74) is 2.37. The molecule has 0 bridgehead atoms. The molecule has 0 radical (unpaired) electrons. The molecule has 2 aromatic rings. The lowest BCUT2D eigenvalue weighted by Crippen LogP contribution is -2.10. The molecule has 2 aromatic carbocycles. The summed E-state index contributed by atoms with van der Waals surface area (Å²) in [6, 6.07) is 19.7. The van der Waals surface area contributed by atoms with Crippen LogP contribution in [-0.4, -0.2) is 23.1 Å². The second kappa shape index (κ2) is 12.0. The minimum absolute atomic E-state index is 0.258. The summed E-state index contributed by atoms with van der Waals surface area (Å²) in [5, 5.41) is 0. The Bertz CT molecular complexity index is 932. The van der Waals surface area contributed by atoms with Crippen LogP contribution in [0.3, 0.4) is 0 Å². The third-order valence-electron chi connectivity index (χ3n) is 4.14. The lowest BCUT2D eigenvalue weighted by Gasteiger charge is -2.03. The van der Waals surface area contributed by atoms with E-state index in [9.17, 15) is 9.59 Å². The second-order valence-corrected chi connectivity index (χ2v) is 8.81. The van der Waals surface area contributed by atoms with Crippen molar-refractivity contribution in [2.24, 2.45) is 0 Å². The highest BCUT2D eigenvalue weighted by atomic mass is 32.2. The number of benzene rings is 2. The third-order valence-corrected chi connectivity index (χ3v) is 6.86. The zero-order chi connectivity index (χ0) is 21.0. The minimum Gasteiger partial charge on any atom is -0.289 e. The van der Waals surface area contributed by atoms with Gasteiger partial charge >= 0.3 is 0 Å². The van der Waals surface area contributed by atoms with Gasteiger partial charge in [-0.15, -0.1) is 23.5 Å². The highest BCUT2D eigenvalue weighted by Crippen LogP contribution is 2.39. The van der Waals surface area contributed by atoms with Crippen molar-refractivity contribution >= 4 is 47.2 Å². The number of carbonyl (C=O) groups excluding carboxylic acids is 2. The van der Waals surface area contributed by atoms with Crippen molar-refractivity contribution in [3.05, 3.63) is 118 Å². The van der Waals surface area contributed by atoms with Crippen molar-refractivity contribution in [1.82, 2.24) is 0 Å². The van der Waals surface area contributed by atoms with E-state index in [2.05, 4.69) is 0 Å². The topological polar surface area (TPSA) is 34.1 Å². The molecule has 30 heavy (non-hydrogen) atoms. The number of thioether (sulfide) groups is 2. The zero-order valence-corrected chi connectivity index (χ0v) is 18.1. The molecule has 0 saturated carbocycles. The number of ketones is 2. The Morgan fingerprint density at radius 1 is 0.633 bits per heavy atom. The van der Waals surface area contributed by atoms with Crippen LogP contribution in [0.1, 0.15) is 11.1 Å². The Morgan fingerprint density at radius 3 is 1.50 bits per heavy atom. The second-order valence-electron chi connectivity index (χ2n) is 6.35. The van der Waals surface area contributed by atoms with Gasteiger partial charge in [-0.1, -0.05) is 97.1 Å². The van der Waals surface area contributed by atoms with Crippen LogP contribution in [0.5, 0.6) is 0 Å². The van der Waals surface area contributed by atoms with E-state index in [1.54, 1.807) is 35.7 Å². The Labute approximate surface area is 186 Å². The molecule has 0 amide bonds. The van der Waals surface area contributed by atoms with Crippen molar-refractivity contribution in [3.8, 4) is 0 Å². The van der Waals surface area contributed by atoms with E-state index in [-0.39, 0.29) is 17.1 Å². The predicted octanol–water partition coefficient (Wildman–Crippen LogP) is 6.36. The summed E-state index contributed by atoms with van der Waals surface area (Å²) in [6.45, 7) is 0. The quantitative estimate of drug-likeness (QED) is 0.211. The van der Waals surface area contributed by atoms with Crippen molar-refractivity contribution in [3.63, 3.8) is 0 Å². The van der Waals surface area contributed by atoms with Crippen LogP contribution >= 0.6 is 23.5 Å². The standard InChI is InChI=1S/C26H22O2S2/c27-23(17-9-7-15-21-11-3-1-4-12-21)25(26-29-19-20-30-26)24(28)18-10-8-16-22-13-5-2-6-14-22/h1-18H,19-20H2. The van der Waals surface area contributed by atoms with Crippen molar-refractivity contribution < 1.29 is 9.59 Å². The molecule has 1 heterocycles. The average Bonchev–Trinajstić information content (AvgIpc) is 3.30. The first-order valence-electron chi connectivity index (χ1n) is 9.62. The highest BCUT2D eigenvalue weighted by molar-refractivity contribution is 8.25. The average molecular weight is 431 g/mol. The molecule has 0 aromatic heterocycles. The minimum atomic E-state index is -0.258. The molecule has 0 spiro atoms. The lowest BCUT2D eigenvalue weighted by molar-refractivity contribution is -0.116. The van der Waals surface area contributed by atoms with Gasteiger partial charge in [0.05, 0.1) is 9.81 Å². The summed E-state index contributed by atoms with van der Waals surface area (Å²) in [6.07, 6.45) is 13.8. The molecule has 1 aliphatic heterocycles. The number of rotatable bonds is 8. The van der Waals surface area contributed by atoms with Crippen LogP contribution in [0, 0.1) is 0 Å². The van der Waals surface area contributed by atoms with Crippen molar-refractivity contribution in [2.75, 3.05) is 11.5 Å². The third kappa shape index (κ3) is 6.90. The van der Waals surface area contributed by atoms with Crippen LogP contribution in [0.4, 0.5) is 0 Å². The number of hydrogen-bond acceptors (Lipinski definition) is 4. The Hall–Kier alpha value is -2.82. The Balaban J connectivity index is 1.69. The van der Waals surface area contributed by atoms with Gasteiger partial charge in [-0.25, -0.2) is 0 Å². The molecule has 4 heteroatoms. The zero-order valence-electron chi connectivity index (χ0n) is 16.4. The van der Waals surface area contributed by atoms with Crippen LogP contribution in [0.25, 0.3) is 12.2 Å². The summed E-state index contributed by atoms with van der Waals surface area (Å²) in [5.74, 6) is 1.32. The van der Waals surface area contributed by atoms with Crippen molar-refractivity contribution in [1.29, 1.82) is 0 Å². The van der Waals surface area contributed by atoms with Crippen LogP contribution in [-0.2, 0) is 9.59 Å². The Kier molecular flexibility index (Phi) is 8.76. The highest BCUT2D eigenvalue weighted by Gasteiger charge is 2.22. The Morgan fingerprint density at radius 2 is 1.07 bits per heavy atom. The van der Waals surface area contributed by atoms with E-state index >= 15 is 0 Å². The van der Waals surface area contributed by atoms with Crippen LogP contribution in [0.2, 0.25) is 0 Å². The first-order chi connectivity index (χ1) is 14.7. The molecule has 0 atom stereocenters. The maximum Gasteiger partial charge on any atom is 0.191 e. The van der Waals surface area contributed by atoms with E-state index in [4.69, 9.17) is 0 Å². The number of carbonyl (C=O) groups is 2. The molecule has 1 saturated heterocycles. The van der Waals surface area contributed by atoms with Gasteiger partial charge in [0.25, 0.3) is 0 Å². The van der Waals surface area contributed by atoms with Gasteiger partial charge in [-0.2, -0.15) is 0 Å². The lowest BCUT2D eigenvalue weighted by atomic mass is 10.1. The number of allylic oxidation sites excluding steroid dienone is 7. The molecule has 1 aliphatic rings. The van der Waals surface area contributed by atoms with Crippen LogP contribution < -0.4 is 0 Å². The van der Waals surface area contributed by atoms with E-state index in [0.717, 1.165) is 26.9 Å².